The summed E-state index contributed by atoms with van der Waals surface area (Å²) in [5, 5.41) is 0. The first-order valence-corrected chi connectivity index (χ1v) is 37.7. The maximum absolute atomic E-state index is 12.9. The monoisotopic (exact) mass is 1270 g/mol. The minimum atomic E-state index is -4.65. The average Bonchev–Trinajstić information content (AvgIpc) is 3.62. The van der Waals surface area contributed by atoms with E-state index in [0.29, 0.717) is 17.4 Å². The summed E-state index contributed by atoms with van der Waals surface area (Å²) in [7, 11) is 1.15. The first kappa shape index (κ1) is 85.6. The van der Waals surface area contributed by atoms with Gasteiger partial charge in [-0.3, -0.25) is 14.2 Å². The molecule has 0 amide bonds. The Bertz CT molecular complexity index is 2080. The number of hydrogen-bond donors (Lipinski definition) is 0. The SMILES string of the molecule is CC/C=C\C/C=C\C/C=C\C/C=C\C/C=C\C/C=C\C/C=C\C/C=C\CCCCCCCCCCCCCCCCCCC(=O)OC(COC(=O)CCCCCCCCCCC/C=C\C/C=C\C/C=C\C/C=C\C/C=C\CC)COP(=O)([O-])OCC[N+](C)(C)C. The largest absolute Gasteiger partial charge is 0.756 e. The molecule has 0 rings (SSSR count). The summed E-state index contributed by atoms with van der Waals surface area (Å²) in [6, 6.07) is 0. The van der Waals surface area contributed by atoms with Crippen molar-refractivity contribution in [1.82, 2.24) is 0 Å². The topological polar surface area (TPSA) is 111 Å². The van der Waals surface area contributed by atoms with E-state index in [1.807, 2.05) is 21.1 Å². The standard InChI is InChI=1S/C80H134NO8P/c1-6-8-10-12-14-16-18-20-22-24-26-28-30-32-33-34-35-36-37-38-39-40-41-42-43-44-45-46-47-49-51-53-55-57-59-61-63-65-67-69-71-73-80(83)89-78(77-88-90(84,85)87-75-74-81(3,4)5)76-86-79(82)72-70-68-66-64-62-60-58-56-54-52-50-48-31-29-27-25-23-21-19-17-15-13-11-9-7-2/h8-11,14-17,20-23,26-29,32-33,35-36,38-39,41-42,48,50,78H,6-7,12-13,18-19,24-25,30-31,34,37,40,43-47,49,51-77H2,1-5H3/b10-8-,11-9-,16-14-,17-15-,22-20-,23-21-,28-26-,29-27-,33-32-,36-35-,39-38-,42-41-,50-48-. The quantitative estimate of drug-likeness (QED) is 0.0195. The molecule has 0 aromatic heterocycles. The molecule has 2 unspecified atom stereocenters. The van der Waals surface area contributed by atoms with Crippen LogP contribution in [-0.2, 0) is 32.7 Å². The molecule has 0 spiro atoms. The van der Waals surface area contributed by atoms with E-state index in [-0.39, 0.29) is 26.1 Å². The van der Waals surface area contributed by atoms with Crippen molar-refractivity contribution < 1.29 is 42.1 Å². The molecule has 0 aliphatic carbocycles. The van der Waals surface area contributed by atoms with Crippen LogP contribution in [0.3, 0.4) is 0 Å². The lowest BCUT2D eigenvalue weighted by Gasteiger charge is -2.28. The summed E-state index contributed by atoms with van der Waals surface area (Å²) < 4.78 is 34.3. The molecule has 0 fully saturated rings. The lowest BCUT2D eigenvalue weighted by Crippen LogP contribution is -2.37. The van der Waals surface area contributed by atoms with Crippen LogP contribution >= 0.6 is 7.82 Å². The molecule has 0 aliphatic rings. The van der Waals surface area contributed by atoms with E-state index in [1.54, 1.807) is 0 Å². The molecule has 512 valence electrons. The van der Waals surface area contributed by atoms with Gasteiger partial charge in [-0.2, -0.15) is 0 Å². The number of phosphoric acid groups is 1. The summed E-state index contributed by atoms with van der Waals surface area (Å²) >= 11 is 0. The number of esters is 2. The van der Waals surface area contributed by atoms with Crippen LogP contribution in [0, 0.1) is 0 Å². The Morgan fingerprint density at radius 3 is 0.889 bits per heavy atom. The van der Waals surface area contributed by atoms with Gasteiger partial charge in [-0.1, -0.05) is 307 Å². The normalized spacial score (nSPS) is 14.1. The fraction of sp³-hybridized carbons (Fsp3) is 0.650. The van der Waals surface area contributed by atoms with Crippen LogP contribution in [0.25, 0.3) is 0 Å². The smallest absolute Gasteiger partial charge is 0.306 e. The molecular formula is C80H134NO8P. The highest BCUT2D eigenvalue weighted by atomic mass is 31.2. The van der Waals surface area contributed by atoms with Crippen LogP contribution in [0.15, 0.2) is 158 Å². The van der Waals surface area contributed by atoms with Crippen molar-refractivity contribution in [3.63, 3.8) is 0 Å². The van der Waals surface area contributed by atoms with E-state index in [4.69, 9.17) is 18.5 Å². The predicted molar refractivity (Wildman–Crippen MR) is 387 cm³/mol. The summed E-state index contributed by atoms with van der Waals surface area (Å²) in [5.41, 5.74) is 0. The Morgan fingerprint density at radius 2 is 0.600 bits per heavy atom. The molecule has 0 saturated carbocycles. The number of ether oxygens (including phenoxy) is 2. The first-order valence-electron chi connectivity index (χ1n) is 36.2. The van der Waals surface area contributed by atoms with Crippen molar-refractivity contribution in [1.29, 1.82) is 0 Å². The highest BCUT2D eigenvalue weighted by Crippen LogP contribution is 2.38. The van der Waals surface area contributed by atoms with Gasteiger partial charge in [0.15, 0.2) is 6.10 Å². The Labute approximate surface area is 554 Å². The molecular weight excluding hydrogens is 1130 g/mol. The summed E-state index contributed by atoms with van der Waals surface area (Å²) in [4.78, 5) is 38.1. The predicted octanol–water partition coefficient (Wildman–Crippen LogP) is 23.3. The van der Waals surface area contributed by atoms with Crippen molar-refractivity contribution >= 4 is 19.8 Å². The highest BCUT2D eigenvalue weighted by Gasteiger charge is 2.22. The summed E-state index contributed by atoms with van der Waals surface area (Å²) in [6.45, 7) is 4.01. The van der Waals surface area contributed by atoms with Gasteiger partial charge >= 0.3 is 11.9 Å². The molecule has 0 heterocycles. The molecule has 0 aliphatic heterocycles. The number of allylic oxidation sites excluding steroid dienone is 26. The van der Waals surface area contributed by atoms with E-state index in [0.717, 1.165) is 135 Å². The third-order valence-corrected chi connectivity index (χ3v) is 16.0. The Balaban J connectivity index is 4.04. The fourth-order valence-corrected chi connectivity index (χ4v) is 10.3. The minimum Gasteiger partial charge on any atom is -0.756 e. The van der Waals surface area contributed by atoms with Crippen molar-refractivity contribution in [2.24, 2.45) is 0 Å². The lowest BCUT2D eigenvalue weighted by molar-refractivity contribution is -0.870. The highest BCUT2D eigenvalue weighted by molar-refractivity contribution is 7.45. The number of likely N-dealkylation sites (N-methyl/N-ethyl adjacent to an activating group) is 1. The fourth-order valence-electron chi connectivity index (χ4n) is 9.58. The van der Waals surface area contributed by atoms with Gasteiger partial charge in [0.05, 0.1) is 27.7 Å². The van der Waals surface area contributed by atoms with E-state index in [1.165, 1.54) is 116 Å². The molecule has 0 saturated heterocycles. The van der Waals surface area contributed by atoms with Gasteiger partial charge in [-0.15, -0.1) is 0 Å². The maximum atomic E-state index is 12.9. The van der Waals surface area contributed by atoms with Crippen molar-refractivity contribution in [2.45, 2.75) is 290 Å². The molecule has 0 aromatic carbocycles. The molecule has 0 aromatic rings. The van der Waals surface area contributed by atoms with Crippen LogP contribution in [0.4, 0.5) is 0 Å². The zero-order valence-electron chi connectivity index (χ0n) is 58.3. The maximum Gasteiger partial charge on any atom is 0.306 e. The summed E-state index contributed by atoms with van der Waals surface area (Å²) in [5.74, 6) is -0.842. The zero-order chi connectivity index (χ0) is 65.5. The molecule has 0 bridgehead atoms. The van der Waals surface area contributed by atoms with Crippen LogP contribution in [0.5, 0.6) is 0 Å². The van der Waals surface area contributed by atoms with Crippen LogP contribution in [-0.4, -0.2) is 70.0 Å². The molecule has 2 atom stereocenters. The van der Waals surface area contributed by atoms with Crippen LogP contribution in [0.2, 0.25) is 0 Å². The van der Waals surface area contributed by atoms with E-state index in [9.17, 15) is 19.0 Å². The number of nitrogens with zero attached hydrogens (tertiary/aromatic N) is 1. The van der Waals surface area contributed by atoms with Crippen LogP contribution < -0.4 is 4.89 Å². The van der Waals surface area contributed by atoms with Gasteiger partial charge < -0.3 is 27.9 Å². The number of phosphoric ester groups is 1. The van der Waals surface area contributed by atoms with E-state index >= 15 is 0 Å². The van der Waals surface area contributed by atoms with Crippen molar-refractivity contribution in [2.75, 3.05) is 47.5 Å². The third-order valence-electron chi connectivity index (χ3n) is 15.0. The second-order valence-corrected chi connectivity index (χ2v) is 26.2. The molecule has 9 nitrogen and oxygen atoms in total. The van der Waals surface area contributed by atoms with Gasteiger partial charge in [-0.05, 0) is 122 Å². The Morgan fingerprint density at radius 1 is 0.344 bits per heavy atom. The average molecular weight is 1270 g/mol. The lowest BCUT2D eigenvalue weighted by atomic mass is 10.0. The summed E-state index contributed by atoms with van der Waals surface area (Å²) in [6.07, 6.45) is 103. The Hall–Kier alpha value is -4.37. The number of quaternary nitrogens is 1. The molecule has 10 heteroatoms. The number of carbonyl (C=O) groups is 2. The second kappa shape index (κ2) is 69.0. The zero-order valence-corrected chi connectivity index (χ0v) is 59.2. The van der Waals surface area contributed by atoms with Gasteiger partial charge in [0.1, 0.15) is 19.8 Å². The van der Waals surface area contributed by atoms with Gasteiger partial charge in [-0.25, -0.2) is 0 Å². The number of hydrogen-bond acceptors (Lipinski definition) is 8. The molecule has 0 radical (unpaired) electrons. The van der Waals surface area contributed by atoms with Gasteiger partial charge in [0.25, 0.3) is 7.82 Å². The Kier molecular flexibility index (Phi) is 65.6. The van der Waals surface area contributed by atoms with Gasteiger partial charge in [0, 0.05) is 12.8 Å². The molecule has 0 N–H and O–H groups in total. The van der Waals surface area contributed by atoms with E-state index < -0.39 is 32.5 Å². The van der Waals surface area contributed by atoms with Crippen molar-refractivity contribution in [3.05, 3.63) is 158 Å². The first-order chi connectivity index (χ1) is 44.0. The second-order valence-electron chi connectivity index (χ2n) is 24.8. The number of unbranched alkanes of at least 4 members (excludes halogenated alkanes) is 25. The van der Waals surface area contributed by atoms with Gasteiger partial charge in [0.2, 0.25) is 0 Å². The minimum absolute atomic E-state index is 0.0379. The number of carbonyl (C=O) groups excluding carboxylic acids is 2. The van der Waals surface area contributed by atoms with Crippen molar-refractivity contribution in [3.8, 4) is 0 Å². The number of rotatable bonds is 65. The third kappa shape index (κ3) is 72.7. The van der Waals surface area contributed by atoms with E-state index in [2.05, 4.69) is 172 Å². The molecule has 90 heavy (non-hydrogen) atoms. The van der Waals surface area contributed by atoms with Crippen LogP contribution in [0.1, 0.15) is 284 Å².